The Bertz CT molecular complexity index is 485. The fraction of sp³-hybridized carbons (Fsp3) is 0.538. The van der Waals surface area contributed by atoms with Crippen LogP contribution in [0, 0.1) is 0 Å². The molecule has 0 aliphatic heterocycles. The molecule has 2 N–H and O–H groups in total. The summed E-state index contributed by atoms with van der Waals surface area (Å²) in [7, 11) is 0. The number of amides is 1. The average molecular weight is 285 g/mol. The number of carboxylic acid groups (broad SMARTS) is 1. The molecule has 1 rings (SSSR count). The van der Waals surface area contributed by atoms with E-state index in [4.69, 9.17) is 9.84 Å². The molecule has 6 heteroatoms. The summed E-state index contributed by atoms with van der Waals surface area (Å²) in [5, 5.41) is 12.2. The number of ether oxygens (including phenoxy) is 1. The Labute approximate surface area is 116 Å². The fourth-order valence-corrected chi connectivity index (χ4v) is 2.51. The van der Waals surface area contributed by atoms with Crippen LogP contribution in [0.15, 0.2) is 6.07 Å². The average Bonchev–Trinajstić information content (AvgIpc) is 2.58. The Kier molecular flexibility index (Phi) is 4.57. The van der Waals surface area contributed by atoms with E-state index in [-0.39, 0.29) is 10.8 Å². The third-order valence-corrected chi connectivity index (χ3v) is 3.26. The van der Waals surface area contributed by atoms with Gasteiger partial charge in [-0.05, 0) is 38.3 Å². The lowest BCUT2D eigenvalue weighted by atomic mass is 10.0. The van der Waals surface area contributed by atoms with E-state index in [0.717, 1.165) is 11.3 Å². The number of carbonyl (C=O) groups excluding carboxylic acids is 1. The van der Waals surface area contributed by atoms with E-state index in [9.17, 15) is 9.59 Å². The Morgan fingerprint density at radius 2 is 1.95 bits per heavy atom. The van der Waals surface area contributed by atoms with Crippen LogP contribution < -0.4 is 5.32 Å². The predicted octanol–water partition coefficient (Wildman–Crippen LogP) is 3.92. The van der Waals surface area contributed by atoms with Gasteiger partial charge in [-0.2, -0.15) is 0 Å². The topological polar surface area (TPSA) is 75.6 Å². The first-order chi connectivity index (χ1) is 8.60. The van der Waals surface area contributed by atoms with Crippen LogP contribution in [0.25, 0.3) is 0 Å². The van der Waals surface area contributed by atoms with E-state index in [2.05, 4.69) is 5.32 Å². The molecule has 1 amide bonds. The largest absolute Gasteiger partial charge is 0.477 e. The highest BCUT2D eigenvalue weighted by molar-refractivity contribution is 7.18. The molecule has 106 valence electrons. The number of carboxylic acids is 1. The summed E-state index contributed by atoms with van der Waals surface area (Å²) in [5.74, 6) is -0.900. The first-order valence-electron chi connectivity index (χ1n) is 5.97. The molecule has 0 atom stereocenters. The van der Waals surface area contributed by atoms with Crippen molar-refractivity contribution in [2.75, 3.05) is 5.32 Å². The van der Waals surface area contributed by atoms with E-state index in [1.54, 1.807) is 26.8 Å². The van der Waals surface area contributed by atoms with E-state index in [1.807, 2.05) is 13.8 Å². The van der Waals surface area contributed by atoms with Crippen molar-refractivity contribution in [2.45, 2.75) is 46.1 Å². The third kappa shape index (κ3) is 4.55. The van der Waals surface area contributed by atoms with E-state index in [1.165, 1.54) is 0 Å². The smallest absolute Gasteiger partial charge is 0.412 e. The molecule has 0 unspecified atom stereocenters. The van der Waals surface area contributed by atoms with Crippen LogP contribution in [-0.2, 0) is 4.74 Å². The second kappa shape index (κ2) is 5.61. The quantitative estimate of drug-likeness (QED) is 0.882. The van der Waals surface area contributed by atoms with E-state index >= 15 is 0 Å². The van der Waals surface area contributed by atoms with Crippen molar-refractivity contribution in [1.82, 2.24) is 0 Å². The molecule has 0 spiro atoms. The van der Waals surface area contributed by atoms with E-state index < -0.39 is 17.7 Å². The summed E-state index contributed by atoms with van der Waals surface area (Å²) in [5.41, 5.74) is 0.126. The minimum absolute atomic E-state index is 0.0801. The molecule has 5 nitrogen and oxygen atoms in total. The number of carbonyl (C=O) groups is 2. The summed E-state index contributed by atoms with van der Waals surface area (Å²) in [4.78, 5) is 23.0. The van der Waals surface area contributed by atoms with Gasteiger partial charge in [0.2, 0.25) is 0 Å². The van der Waals surface area contributed by atoms with Crippen molar-refractivity contribution < 1.29 is 19.4 Å². The van der Waals surface area contributed by atoms with Crippen molar-refractivity contribution in [3.63, 3.8) is 0 Å². The highest BCUT2D eigenvalue weighted by Gasteiger charge is 2.21. The van der Waals surface area contributed by atoms with Crippen molar-refractivity contribution in [3.8, 4) is 0 Å². The monoisotopic (exact) mass is 285 g/mol. The maximum Gasteiger partial charge on any atom is 0.412 e. The number of thiophene rings is 1. The molecular weight excluding hydrogens is 266 g/mol. The molecule has 0 saturated carbocycles. The van der Waals surface area contributed by atoms with Crippen LogP contribution in [-0.4, -0.2) is 22.8 Å². The van der Waals surface area contributed by atoms with Gasteiger partial charge in [-0.25, -0.2) is 9.59 Å². The molecule has 1 heterocycles. The molecular formula is C13H19NO4S. The first-order valence-corrected chi connectivity index (χ1v) is 6.79. The molecule has 0 fully saturated rings. The standard InChI is InChI=1S/C13H19NO4S/c1-7(2)8-6-9(19-10(8)11(15)16)14-12(17)18-13(3,4)5/h6-7H,1-5H3,(H,14,17)(H,15,16). The minimum atomic E-state index is -0.981. The summed E-state index contributed by atoms with van der Waals surface area (Å²) in [6.07, 6.45) is -0.582. The van der Waals surface area contributed by atoms with Crippen LogP contribution >= 0.6 is 11.3 Å². The van der Waals surface area contributed by atoms with Gasteiger partial charge in [-0.3, -0.25) is 5.32 Å². The second-order valence-electron chi connectivity index (χ2n) is 5.48. The van der Waals surface area contributed by atoms with Crippen molar-refractivity contribution >= 4 is 28.4 Å². The van der Waals surface area contributed by atoms with Gasteiger partial charge in [-0.15, -0.1) is 11.3 Å². The second-order valence-corrected chi connectivity index (χ2v) is 6.53. The van der Waals surface area contributed by atoms with Gasteiger partial charge in [0, 0.05) is 0 Å². The van der Waals surface area contributed by atoms with Crippen molar-refractivity contribution in [2.24, 2.45) is 0 Å². The van der Waals surface area contributed by atoms with Gasteiger partial charge in [-0.1, -0.05) is 13.8 Å². The maximum atomic E-state index is 11.6. The molecule has 0 saturated heterocycles. The third-order valence-electron chi connectivity index (χ3n) is 2.20. The lowest BCUT2D eigenvalue weighted by Gasteiger charge is -2.19. The number of anilines is 1. The van der Waals surface area contributed by atoms with Crippen LogP contribution in [0.5, 0.6) is 0 Å². The molecule has 19 heavy (non-hydrogen) atoms. The molecule has 0 aromatic carbocycles. The molecule has 1 aromatic heterocycles. The number of hydrogen-bond donors (Lipinski definition) is 2. The Morgan fingerprint density at radius 3 is 2.32 bits per heavy atom. The van der Waals surface area contributed by atoms with Gasteiger partial charge in [0.15, 0.2) is 0 Å². The van der Waals surface area contributed by atoms with Gasteiger partial charge >= 0.3 is 12.1 Å². The Balaban J connectivity index is 2.89. The molecule has 1 aromatic rings. The Morgan fingerprint density at radius 1 is 1.37 bits per heavy atom. The summed E-state index contributed by atoms with van der Waals surface area (Å²) in [6.45, 7) is 9.12. The zero-order valence-electron chi connectivity index (χ0n) is 11.7. The highest BCUT2D eigenvalue weighted by atomic mass is 32.1. The first kappa shape index (κ1) is 15.5. The molecule has 0 bridgehead atoms. The zero-order valence-corrected chi connectivity index (χ0v) is 12.6. The zero-order chi connectivity index (χ0) is 14.8. The van der Waals surface area contributed by atoms with Gasteiger partial charge in [0.25, 0.3) is 0 Å². The lowest BCUT2D eigenvalue weighted by molar-refractivity contribution is 0.0634. The van der Waals surface area contributed by atoms with Crippen molar-refractivity contribution in [1.29, 1.82) is 0 Å². The van der Waals surface area contributed by atoms with Gasteiger partial charge < -0.3 is 9.84 Å². The number of aromatic carboxylic acids is 1. The predicted molar refractivity (Wildman–Crippen MR) is 75.2 cm³/mol. The normalized spacial score (nSPS) is 11.5. The summed E-state index contributed by atoms with van der Waals surface area (Å²) >= 11 is 1.04. The van der Waals surface area contributed by atoms with Crippen molar-refractivity contribution in [3.05, 3.63) is 16.5 Å². The van der Waals surface area contributed by atoms with E-state index in [0.29, 0.717) is 10.6 Å². The van der Waals surface area contributed by atoms with Crippen LogP contribution in [0.1, 0.15) is 55.8 Å². The molecule has 0 aliphatic rings. The Hall–Kier alpha value is -1.56. The fourth-order valence-electron chi connectivity index (χ4n) is 1.47. The van der Waals surface area contributed by atoms with Crippen LogP contribution in [0.2, 0.25) is 0 Å². The molecule has 0 radical (unpaired) electrons. The van der Waals surface area contributed by atoms with Gasteiger partial charge in [0.1, 0.15) is 10.5 Å². The van der Waals surface area contributed by atoms with Crippen LogP contribution in [0.3, 0.4) is 0 Å². The molecule has 0 aliphatic carbocycles. The number of rotatable bonds is 3. The lowest BCUT2D eigenvalue weighted by Crippen LogP contribution is -2.26. The maximum absolute atomic E-state index is 11.6. The number of nitrogens with one attached hydrogen (secondary N) is 1. The SMILES string of the molecule is CC(C)c1cc(NC(=O)OC(C)(C)C)sc1C(=O)O. The van der Waals surface area contributed by atoms with Gasteiger partial charge in [0.05, 0.1) is 5.00 Å². The minimum Gasteiger partial charge on any atom is -0.477 e. The highest BCUT2D eigenvalue weighted by Crippen LogP contribution is 2.32. The summed E-state index contributed by atoms with van der Waals surface area (Å²) < 4.78 is 5.12. The summed E-state index contributed by atoms with van der Waals surface area (Å²) in [6, 6.07) is 1.68. The number of hydrogen-bond acceptors (Lipinski definition) is 4. The van der Waals surface area contributed by atoms with Crippen LogP contribution in [0.4, 0.5) is 9.80 Å².